The van der Waals surface area contributed by atoms with E-state index in [0.717, 1.165) is 31.9 Å². The molecule has 0 amide bonds. The van der Waals surface area contributed by atoms with Gasteiger partial charge in [-0.25, -0.2) is 0 Å². The predicted molar refractivity (Wildman–Crippen MR) is 58.4 cm³/mol. The van der Waals surface area contributed by atoms with Crippen LogP contribution in [0.15, 0.2) is 11.7 Å². The van der Waals surface area contributed by atoms with Crippen LogP contribution in [-0.2, 0) is 6.54 Å². The maximum Gasteiger partial charge on any atom is 0.0794 e. The Morgan fingerprint density at radius 1 is 1.62 bits per heavy atom. The summed E-state index contributed by atoms with van der Waals surface area (Å²) in [5, 5.41) is 0. The molecule has 0 unspecified atom stereocenters. The molecule has 13 heavy (non-hydrogen) atoms. The lowest BCUT2D eigenvalue weighted by Gasteiger charge is -2.18. The summed E-state index contributed by atoms with van der Waals surface area (Å²) in [6.45, 7) is 5.35. The molecule has 0 fully saturated rings. The van der Waals surface area contributed by atoms with Crippen molar-refractivity contribution in [2.45, 2.75) is 19.9 Å². The van der Waals surface area contributed by atoms with Gasteiger partial charge in [0.05, 0.1) is 5.51 Å². The van der Waals surface area contributed by atoms with Crippen LogP contribution in [0, 0.1) is 0 Å². The van der Waals surface area contributed by atoms with E-state index in [-0.39, 0.29) is 0 Å². The monoisotopic (exact) mass is 218 g/mol. The molecule has 0 spiro atoms. The van der Waals surface area contributed by atoms with Crippen molar-refractivity contribution < 1.29 is 0 Å². The SMILES string of the molecule is CCN(CCCCl)Cc1cncs1. The smallest absolute Gasteiger partial charge is 0.0794 e. The first-order chi connectivity index (χ1) is 6.36. The van der Waals surface area contributed by atoms with E-state index in [2.05, 4.69) is 16.8 Å². The van der Waals surface area contributed by atoms with Crippen LogP contribution in [0.4, 0.5) is 0 Å². The number of aromatic nitrogens is 1. The molecular weight excluding hydrogens is 204 g/mol. The third kappa shape index (κ3) is 4.07. The summed E-state index contributed by atoms with van der Waals surface area (Å²) in [6.07, 6.45) is 3.00. The number of nitrogens with zero attached hydrogens (tertiary/aromatic N) is 2. The largest absolute Gasteiger partial charge is 0.298 e. The van der Waals surface area contributed by atoms with Crippen LogP contribution in [0.1, 0.15) is 18.2 Å². The summed E-state index contributed by atoms with van der Waals surface area (Å²) < 4.78 is 0. The fourth-order valence-electron chi connectivity index (χ4n) is 1.17. The van der Waals surface area contributed by atoms with Gasteiger partial charge in [-0.3, -0.25) is 9.88 Å². The molecule has 0 aliphatic carbocycles. The van der Waals surface area contributed by atoms with Gasteiger partial charge in [0.15, 0.2) is 0 Å². The lowest BCUT2D eigenvalue weighted by Crippen LogP contribution is -2.23. The summed E-state index contributed by atoms with van der Waals surface area (Å²) in [6, 6.07) is 0. The van der Waals surface area contributed by atoms with Crippen LogP contribution in [0.5, 0.6) is 0 Å². The third-order valence-electron chi connectivity index (χ3n) is 1.92. The van der Waals surface area contributed by atoms with Crippen molar-refractivity contribution in [1.82, 2.24) is 9.88 Å². The molecule has 0 aliphatic rings. The van der Waals surface area contributed by atoms with E-state index in [4.69, 9.17) is 11.6 Å². The van der Waals surface area contributed by atoms with E-state index in [1.807, 2.05) is 11.7 Å². The highest BCUT2D eigenvalue weighted by atomic mass is 35.5. The molecule has 1 rings (SSSR count). The molecule has 0 saturated heterocycles. The van der Waals surface area contributed by atoms with Crippen LogP contribution < -0.4 is 0 Å². The predicted octanol–water partition coefficient (Wildman–Crippen LogP) is 2.59. The van der Waals surface area contributed by atoms with Gasteiger partial charge < -0.3 is 0 Å². The molecule has 0 saturated carbocycles. The quantitative estimate of drug-likeness (QED) is 0.683. The van der Waals surface area contributed by atoms with Crippen molar-refractivity contribution >= 4 is 22.9 Å². The van der Waals surface area contributed by atoms with E-state index < -0.39 is 0 Å². The molecule has 4 heteroatoms. The molecule has 0 atom stereocenters. The average molecular weight is 219 g/mol. The molecular formula is C9H15ClN2S. The van der Waals surface area contributed by atoms with Crippen molar-refractivity contribution in [3.8, 4) is 0 Å². The Hall–Kier alpha value is -0.120. The van der Waals surface area contributed by atoms with E-state index in [1.54, 1.807) is 11.3 Å². The maximum atomic E-state index is 5.65. The minimum atomic E-state index is 0.749. The molecule has 0 aromatic carbocycles. The maximum absolute atomic E-state index is 5.65. The minimum Gasteiger partial charge on any atom is -0.298 e. The summed E-state index contributed by atoms with van der Waals surface area (Å²) in [7, 11) is 0. The van der Waals surface area contributed by atoms with Gasteiger partial charge in [-0.05, 0) is 19.5 Å². The lowest BCUT2D eigenvalue weighted by molar-refractivity contribution is 0.283. The molecule has 2 nitrogen and oxygen atoms in total. The summed E-state index contributed by atoms with van der Waals surface area (Å²) >= 11 is 7.36. The van der Waals surface area contributed by atoms with E-state index >= 15 is 0 Å². The van der Waals surface area contributed by atoms with Crippen LogP contribution in [0.25, 0.3) is 0 Å². The van der Waals surface area contributed by atoms with Gasteiger partial charge in [-0.1, -0.05) is 6.92 Å². The lowest BCUT2D eigenvalue weighted by atomic mass is 10.4. The molecule has 1 aromatic heterocycles. The van der Waals surface area contributed by atoms with Gasteiger partial charge in [0.25, 0.3) is 0 Å². The fourth-order valence-corrected chi connectivity index (χ4v) is 1.93. The fraction of sp³-hybridized carbons (Fsp3) is 0.667. The summed E-state index contributed by atoms with van der Waals surface area (Å²) in [5.74, 6) is 0.749. The Kier molecular flexibility index (Phi) is 5.35. The minimum absolute atomic E-state index is 0.749. The topological polar surface area (TPSA) is 16.1 Å². The highest BCUT2D eigenvalue weighted by molar-refractivity contribution is 7.09. The zero-order chi connectivity index (χ0) is 9.52. The van der Waals surface area contributed by atoms with E-state index in [9.17, 15) is 0 Å². The number of hydrogen-bond donors (Lipinski definition) is 0. The van der Waals surface area contributed by atoms with Gasteiger partial charge in [0.1, 0.15) is 0 Å². The Balaban J connectivity index is 2.31. The van der Waals surface area contributed by atoms with Crippen LogP contribution in [0.3, 0.4) is 0 Å². The number of halogens is 1. The number of alkyl halides is 1. The first kappa shape index (κ1) is 11.0. The molecule has 74 valence electrons. The number of thiazole rings is 1. The standard InChI is InChI=1S/C9H15ClN2S/c1-2-12(5-3-4-10)7-9-6-11-8-13-9/h6,8H,2-5,7H2,1H3. The number of rotatable bonds is 6. The van der Waals surface area contributed by atoms with Crippen LogP contribution in [-0.4, -0.2) is 28.9 Å². The Morgan fingerprint density at radius 2 is 2.46 bits per heavy atom. The highest BCUT2D eigenvalue weighted by Crippen LogP contribution is 2.09. The molecule has 1 heterocycles. The zero-order valence-electron chi connectivity index (χ0n) is 7.87. The number of hydrogen-bond acceptors (Lipinski definition) is 3. The van der Waals surface area contributed by atoms with E-state index in [0.29, 0.717) is 0 Å². The van der Waals surface area contributed by atoms with Crippen molar-refractivity contribution in [2.24, 2.45) is 0 Å². The molecule has 0 N–H and O–H groups in total. The van der Waals surface area contributed by atoms with Crippen molar-refractivity contribution in [2.75, 3.05) is 19.0 Å². The van der Waals surface area contributed by atoms with Gasteiger partial charge in [-0.15, -0.1) is 22.9 Å². The first-order valence-electron chi connectivity index (χ1n) is 4.52. The molecule has 0 bridgehead atoms. The van der Waals surface area contributed by atoms with Gasteiger partial charge in [0.2, 0.25) is 0 Å². The molecule has 0 aliphatic heterocycles. The normalized spacial score (nSPS) is 11.0. The second kappa shape index (κ2) is 6.35. The molecule has 0 radical (unpaired) electrons. The molecule has 1 aromatic rings. The van der Waals surface area contributed by atoms with Gasteiger partial charge in [-0.2, -0.15) is 0 Å². The van der Waals surface area contributed by atoms with Gasteiger partial charge in [0, 0.05) is 23.5 Å². The van der Waals surface area contributed by atoms with Crippen molar-refractivity contribution in [1.29, 1.82) is 0 Å². The Bertz CT molecular complexity index is 213. The average Bonchev–Trinajstić information content (AvgIpc) is 2.64. The van der Waals surface area contributed by atoms with Gasteiger partial charge >= 0.3 is 0 Å². The summed E-state index contributed by atoms with van der Waals surface area (Å²) in [5.41, 5.74) is 1.88. The Labute approximate surface area is 88.5 Å². The highest BCUT2D eigenvalue weighted by Gasteiger charge is 2.03. The Morgan fingerprint density at radius 3 is 3.00 bits per heavy atom. The van der Waals surface area contributed by atoms with Crippen LogP contribution >= 0.6 is 22.9 Å². The van der Waals surface area contributed by atoms with Crippen molar-refractivity contribution in [3.05, 3.63) is 16.6 Å². The van der Waals surface area contributed by atoms with Crippen molar-refractivity contribution in [3.63, 3.8) is 0 Å². The second-order valence-corrected chi connectivity index (χ2v) is 4.23. The zero-order valence-corrected chi connectivity index (χ0v) is 9.44. The first-order valence-corrected chi connectivity index (χ1v) is 5.94. The second-order valence-electron chi connectivity index (χ2n) is 2.88. The van der Waals surface area contributed by atoms with Crippen LogP contribution in [0.2, 0.25) is 0 Å². The third-order valence-corrected chi connectivity index (χ3v) is 2.95. The summed E-state index contributed by atoms with van der Waals surface area (Å²) in [4.78, 5) is 7.77. The van der Waals surface area contributed by atoms with E-state index in [1.165, 1.54) is 4.88 Å².